The average Bonchev–Trinajstić information content (AvgIpc) is 3.20. The van der Waals surface area contributed by atoms with Crippen LogP contribution in [-0.2, 0) is 11.3 Å². The molecule has 3 aliphatic rings. The van der Waals surface area contributed by atoms with Crippen molar-refractivity contribution in [3.8, 4) is 0 Å². The van der Waals surface area contributed by atoms with E-state index in [0.717, 1.165) is 6.54 Å². The van der Waals surface area contributed by atoms with E-state index in [1.54, 1.807) is 23.5 Å². The Bertz CT molecular complexity index is 907. The van der Waals surface area contributed by atoms with E-state index in [-0.39, 0.29) is 11.8 Å². The number of amides is 2. The SMILES string of the molecule is O=C(c1ccc(Cn2ccnc2)o1)N1CCC2(CC1)CC(O)CN(CC1CC1)C2=O. The van der Waals surface area contributed by atoms with Gasteiger partial charge in [-0.15, -0.1) is 0 Å². The molecule has 160 valence electrons. The van der Waals surface area contributed by atoms with Gasteiger partial charge in [-0.1, -0.05) is 0 Å². The van der Waals surface area contributed by atoms with E-state index in [1.807, 2.05) is 21.7 Å². The van der Waals surface area contributed by atoms with Crippen LogP contribution >= 0.6 is 0 Å². The summed E-state index contributed by atoms with van der Waals surface area (Å²) in [5.41, 5.74) is -0.529. The number of likely N-dealkylation sites (tertiary alicyclic amines) is 2. The normalized spacial score (nSPS) is 23.9. The summed E-state index contributed by atoms with van der Waals surface area (Å²) in [6, 6.07) is 3.53. The van der Waals surface area contributed by atoms with E-state index >= 15 is 0 Å². The maximum Gasteiger partial charge on any atom is 0.289 e. The third kappa shape index (κ3) is 3.76. The van der Waals surface area contributed by atoms with Gasteiger partial charge in [-0.3, -0.25) is 9.59 Å². The summed E-state index contributed by atoms with van der Waals surface area (Å²) >= 11 is 0. The van der Waals surface area contributed by atoms with Crippen LogP contribution in [0.5, 0.6) is 0 Å². The fourth-order valence-corrected chi connectivity index (χ4v) is 4.89. The van der Waals surface area contributed by atoms with Crippen molar-refractivity contribution in [3.63, 3.8) is 0 Å². The zero-order valence-corrected chi connectivity index (χ0v) is 17.1. The number of piperidine rings is 2. The molecule has 2 aromatic rings. The van der Waals surface area contributed by atoms with Gasteiger partial charge in [0.15, 0.2) is 5.76 Å². The van der Waals surface area contributed by atoms with E-state index in [0.29, 0.717) is 62.9 Å². The Morgan fingerprint density at radius 2 is 2.07 bits per heavy atom. The summed E-state index contributed by atoms with van der Waals surface area (Å²) in [7, 11) is 0. The van der Waals surface area contributed by atoms with Crippen molar-refractivity contribution >= 4 is 11.8 Å². The number of rotatable bonds is 5. The monoisotopic (exact) mass is 412 g/mol. The first kappa shape index (κ1) is 19.4. The molecule has 0 bridgehead atoms. The lowest BCUT2D eigenvalue weighted by molar-refractivity contribution is -0.156. The third-order valence-electron chi connectivity index (χ3n) is 6.75. The van der Waals surface area contributed by atoms with E-state index in [2.05, 4.69) is 4.98 Å². The fourth-order valence-electron chi connectivity index (χ4n) is 4.89. The maximum atomic E-state index is 13.2. The molecular formula is C22H28N4O4. The largest absolute Gasteiger partial charge is 0.454 e. The first-order valence-electron chi connectivity index (χ1n) is 10.8. The third-order valence-corrected chi connectivity index (χ3v) is 6.75. The number of hydrogen-bond acceptors (Lipinski definition) is 5. The molecule has 3 fully saturated rings. The molecule has 0 aromatic carbocycles. The number of imidazole rings is 1. The van der Waals surface area contributed by atoms with Gasteiger partial charge in [-0.05, 0) is 50.2 Å². The molecule has 5 rings (SSSR count). The van der Waals surface area contributed by atoms with Crippen LogP contribution in [-0.4, -0.2) is 68.6 Å². The van der Waals surface area contributed by atoms with Crippen molar-refractivity contribution in [1.82, 2.24) is 19.4 Å². The second-order valence-electron chi connectivity index (χ2n) is 9.08. The van der Waals surface area contributed by atoms with Crippen molar-refractivity contribution in [3.05, 3.63) is 42.4 Å². The van der Waals surface area contributed by atoms with Crippen LogP contribution in [0.1, 0.15) is 48.4 Å². The number of carbonyl (C=O) groups is 2. The Morgan fingerprint density at radius 1 is 1.27 bits per heavy atom. The quantitative estimate of drug-likeness (QED) is 0.808. The lowest BCUT2D eigenvalue weighted by Gasteiger charge is -2.47. The molecule has 1 atom stereocenters. The fraction of sp³-hybridized carbons (Fsp3) is 0.591. The van der Waals surface area contributed by atoms with Gasteiger partial charge in [-0.25, -0.2) is 4.98 Å². The van der Waals surface area contributed by atoms with Crippen LogP contribution in [0.15, 0.2) is 35.3 Å². The Morgan fingerprint density at radius 3 is 2.77 bits per heavy atom. The minimum absolute atomic E-state index is 0.139. The van der Waals surface area contributed by atoms with Crippen molar-refractivity contribution in [2.45, 2.75) is 44.8 Å². The highest BCUT2D eigenvalue weighted by atomic mass is 16.4. The van der Waals surface area contributed by atoms with Gasteiger partial charge < -0.3 is 23.9 Å². The molecule has 2 saturated heterocycles. The van der Waals surface area contributed by atoms with Gasteiger partial charge in [-0.2, -0.15) is 0 Å². The number of aliphatic hydroxyl groups is 1. The van der Waals surface area contributed by atoms with Crippen LogP contribution in [0.3, 0.4) is 0 Å². The van der Waals surface area contributed by atoms with Crippen LogP contribution in [0.25, 0.3) is 0 Å². The number of β-amino-alcohol motifs (C(OH)–C–C–N with tert-alkyl or cyclic N) is 1. The Labute approximate surface area is 175 Å². The number of furan rings is 1. The zero-order chi connectivity index (χ0) is 20.7. The highest BCUT2D eigenvalue weighted by molar-refractivity contribution is 5.92. The van der Waals surface area contributed by atoms with E-state index in [4.69, 9.17) is 4.42 Å². The lowest BCUT2D eigenvalue weighted by atomic mass is 9.70. The summed E-state index contributed by atoms with van der Waals surface area (Å²) in [5.74, 6) is 1.67. The molecule has 4 heterocycles. The maximum absolute atomic E-state index is 13.2. The summed E-state index contributed by atoms with van der Waals surface area (Å²) < 4.78 is 7.64. The number of hydrogen-bond donors (Lipinski definition) is 1. The smallest absolute Gasteiger partial charge is 0.289 e. The molecule has 1 saturated carbocycles. The molecule has 0 radical (unpaired) electrons. The topological polar surface area (TPSA) is 91.8 Å². The van der Waals surface area contributed by atoms with Gasteiger partial charge in [0.05, 0.1) is 24.4 Å². The molecule has 1 unspecified atom stereocenters. The molecule has 2 amide bonds. The summed E-state index contributed by atoms with van der Waals surface area (Å²) in [6.07, 6.45) is 8.84. The van der Waals surface area contributed by atoms with Crippen LogP contribution < -0.4 is 0 Å². The van der Waals surface area contributed by atoms with E-state index in [1.165, 1.54) is 12.8 Å². The highest BCUT2D eigenvalue weighted by Gasteiger charge is 2.49. The van der Waals surface area contributed by atoms with Crippen molar-refractivity contribution in [2.24, 2.45) is 11.3 Å². The molecule has 1 N–H and O–H groups in total. The molecule has 30 heavy (non-hydrogen) atoms. The number of aliphatic hydroxyl groups excluding tert-OH is 1. The van der Waals surface area contributed by atoms with E-state index < -0.39 is 11.5 Å². The van der Waals surface area contributed by atoms with Crippen molar-refractivity contribution < 1.29 is 19.1 Å². The minimum Gasteiger partial charge on any atom is -0.454 e. The second-order valence-corrected chi connectivity index (χ2v) is 9.08. The van der Waals surface area contributed by atoms with Crippen molar-refractivity contribution in [1.29, 1.82) is 0 Å². The summed E-state index contributed by atoms with van der Waals surface area (Å²) in [4.78, 5) is 33.8. The van der Waals surface area contributed by atoms with Crippen LogP contribution in [0.4, 0.5) is 0 Å². The average molecular weight is 412 g/mol. The molecule has 1 aliphatic carbocycles. The Hall–Kier alpha value is -2.61. The predicted octanol–water partition coefficient (Wildman–Crippen LogP) is 1.75. The Kier molecular flexibility index (Phi) is 4.89. The highest BCUT2D eigenvalue weighted by Crippen LogP contribution is 2.42. The van der Waals surface area contributed by atoms with Gasteiger partial charge in [0.25, 0.3) is 5.91 Å². The minimum atomic E-state index is -0.529. The molecular weight excluding hydrogens is 384 g/mol. The van der Waals surface area contributed by atoms with Gasteiger partial charge in [0.1, 0.15) is 5.76 Å². The number of carbonyl (C=O) groups excluding carboxylic acids is 2. The zero-order valence-electron chi connectivity index (χ0n) is 17.1. The van der Waals surface area contributed by atoms with Gasteiger partial charge in [0, 0.05) is 38.6 Å². The molecule has 1 spiro atoms. The molecule has 2 aromatic heterocycles. The van der Waals surface area contributed by atoms with E-state index in [9.17, 15) is 14.7 Å². The first-order valence-corrected chi connectivity index (χ1v) is 10.8. The second kappa shape index (κ2) is 7.58. The molecule has 8 heteroatoms. The lowest BCUT2D eigenvalue weighted by Crippen LogP contribution is -2.58. The molecule has 8 nitrogen and oxygen atoms in total. The van der Waals surface area contributed by atoms with Gasteiger partial charge in [0.2, 0.25) is 5.91 Å². The summed E-state index contributed by atoms with van der Waals surface area (Å²) in [5, 5.41) is 10.4. The summed E-state index contributed by atoms with van der Waals surface area (Å²) in [6.45, 7) is 2.76. The van der Waals surface area contributed by atoms with Gasteiger partial charge >= 0.3 is 0 Å². The van der Waals surface area contributed by atoms with Crippen LogP contribution in [0, 0.1) is 11.3 Å². The predicted molar refractivity (Wildman–Crippen MR) is 108 cm³/mol. The standard InChI is InChI=1S/C22H28N4O4/c27-17-11-22(21(29)26(13-17)12-16-1-2-16)5-8-25(9-6-22)20(28)19-4-3-18(30-19)14-24-10-7-23-15-24/h3-4,7,10,15-17,27H,1-2,5-6,8-9,11-14H2. The number of aromatic nitrogens is 2. The first-order chi connectivity index (χ1) is 14.5. The van der Waals surface area contributed by atoms with Crippen LogP contribution in [0.2, 0.25) is 0 Å². The Balaban J connectivity index is 1.22. The molecule has 2 aliphatic heterocycles. The van der Waals surface area contributed by atoms with Crippen molar-refractivity contribution in [2.75, 3.05) is 26.2 Å². The number of nitrogens with zero attached hydrogens (tertiary/aromatic N) is 4.